The number of carbonyl (C=O) groups excluding carboxylic acids is 1. The molecule has 2 heterocycles. The third kappa shape index (κ3) is 4.11. The molecule has 1 aromatic rings. The van der Waals surface area contributed by atoms with E-state index >= 15 is 0 Å². The molecule has 3 rings (SSSR count). The van der Waals surface area contributed by atoms with Crippen molar-refractivity contribution in [1.82, 2.24) is 10.2 Å². The van der Waals surface area contributed by atoms with Crippen LogP contribution in [0.2, 0.25) is 0 Å². The number of unbranched alkanes of at least 4 members (excludes halogenated alkanes) is 1. The van der Waals surface area contributed by atoms with E-state index in [2.05, 4.69) is 26.1 Å². The number of piperidine rings is 1. The Morgan fingerprint density at radius 2 is 2.04 bits per heavy atom. The van der Waals surface area contributed by atoms with Gasteiger partial charge in [-0.3, -0.25) is 10.1 Å². The molecule has 2 aliphatic heterocycles. The Morgan fingerprint density at radius 3 is 2.68 bits per heavy atom. The summed E-state index contributed by atoms with van der Waals surface area (Å²) < 4.78 is 0. The average Bonchev–Trinajstić information content (AvgIpc) is 3.12. The average molecular weight is 406 g/mol. The lowest BCUT2D eigenvalue weighted by Crippen LogP contribution is -2.68. The second-order valence-electron chi connectivity index (χ2n) is 9.00. The van der Waals surface area contributed by atoms with Crippen molar-refractivity contribution >= 4 is 17.7 Å². The molecule has 0 spiro atoms. The molecule has 2 fully saturated rings. The molecule has 28 heavy (non-hydrogen) atoms. The van der Waals surface area contributed by atoms with E-state index in [1.807, 2.05) is 47.0 Å². The maximum atomic E-state index is 14.3. The lowest BCUT2D eigenvalue weighted by molar-refractivity contribution is -0.151. The van der Waals surface area contributed by atoms with Crippen LogP contribution < -0.4 is 11.1 Å². The van der Waals surface area contributed by atoms with Crippen LogP contribution in [0.15, 0.2) is 30.3 Å². The van der Waals surface area contributed by atoms with Crippen LogP contribution in [0.1, 0.15) is 52.0 Å². The van der Waals surface area contributed by atoms with Crippen LogP contribution in [-0.2, 0) is 10.3 Å². The monoisotopic (exact) mass is 405 g/mol. The molecule has 0 aliphatic carbocycles. The van der Waals surface area contributed by atoms with Crippen molar-refractivity contribution in [3.63, 3.8) is 0 Å². The van der Waals surface area contributed by atoms with Gasteiger partial charge in [-0.2, -0.15) is 11.8 Å². The highest BCUT2D eigenvalue weighted by atomic mass is 32.2. The van der Waals surface area contributed by atoms with Crippen molar-refractivity contribution in [3.05, 3.63) is 35.9 Å². The van der Waals surface area contributed by atoms with Crippen LogP contribution in [0.25, 0.3) is 0 Å². The lowest BCUT2D eigenvalue weighted by atomic mass is 9.70. The van der Waals surface area contributed by atoms with Crippen LogP contribution >= 0.6 is 11.8 Å². The van der Waals surface area contributed by atoms with Gasteiger partial charge in [0.1, 0.15) is 11.8 Å². The molecule has 4 atom stereocenters. The smallest absolute Gasteiger partial charge is 0.248 e. The predicted molar refractivity (Wildman–Crippen MR) is 116 cm³/mol. The molecular formula is C22H35N3O2S. The zero-order valence-corrected chi connectivity index (χ0v) is 18.2. The Kier molecular flexibility index (Phi) is 6.75. The molecule has 0 radical (unpaired) electrons. The number of thioether (sulfide) groups is 1. The standard InChI is InChI=1S/C22H35N3O2S/c1-21(2,3)25(13-8-7-12-23)20(27)22(16-9-5-4-6-10-16)17-11-14-28-18(17)15-19(26)24-22/h4-6,9-10,17-19,24,26H,7-8,11-15,23H2,1-3H3/t17-,18-,19-,22?/m0/s1. The van der Waals surface area contributed by atoms with E-state index in [0.29, 0.717) is 24.8 Å². The number of fused-ring (bicyclic) bond motifs is 1. The van der Waals surface area contributed by atoms with E-state index in [9.17, 15) is 9.90 Å². The summed E-state index contributed by atoms with van der Waals surface area (Å²) in [4.78, 5) is 16.3. The molecule has 1 aromatic carbocycles. The molecule has 5 nitrogen and oxygen atoms in total. The highest BCUT2D eigenvalue weighted by Gasteiger charge is 2.57. The fourth-order valence-electron chi connectivity index (χ4n) is 4.74. The number of nitrogens with two attached hydrogens (primary N) is 1. The van der Waals surface area contributed by atoms with E-state index in [4.69, 9.17) is 5.73 Å². The van der Waals surface area contributed by atoms with Gasteiger partial charge in [0.25, 0.3) is 0 Å². The molecule has 0 bridgehead atoms. The fraction of sp³-hybridized carbons (Fsp3) is 0.682. The maximum absolute atomic E-state index is 14.3. The number of hydrogen-bond acceptors (Lipinski definition) is 5. The summed E-state index contributed by atoms with van der Waals surface area (Å²) in [7, 11) is 0. The first-order valence-corrected chi connectivity index (χ1v) is 11.5. The van der Waals surface area contributed by atoms with E-state index in [1.54, 1.807) is 0 Å². The minimum atomic E-state index is -0.886. The molecule has 0 aromatic heterocycles. The first kappa shape index (κ1) is 21.6. The number of amides is 1. The van der Waals surface area contributed by atoms with Gasteiger partial charge in [0, 0.05) is 23.3 Å². The first-order valence-electron chi connectivity index (χ1n) is 10.5. The second kappa shape index (κ2) is 8.74. The first-order chi connectivity index (χ1) is 13.3. The van der Waals surface area contributed by atoms with Crippen molar-refractivity contribution in [2.45, 2.75) is 69.0 Å². The maximum Gasteiger partial charge on any atom is 0.248 e. The number of nitrogens with zero attached hydrogens (tertiary/aromatic N) is 1. The Labute approximate surface area is 173 Å². The number of nitrogens with one attached hydrogen (secondary N) is 1. The van der Waals surface area contributed by atoms with Gasteiger partial charge in [-0.15, -0.1) is 0 Å². The van der Waals surface area contributed by atoms with Crippen molar-refractivity contribution in [2.24, 2.45) is 11.7 Å². The van der Waals surface area contributed by atoms with Gasteiger partial charge in [0.2, 0.25) is 5.91 Å². The Bertz CT molecular complexity index is 663. The van der Waals surface area contributed by atoms with Gasteiger partial charge in [-0.05, 0) is 64.3 Å². The largest absolute Gasteiger partial charge is 0.379 e. The lowest BCUT2D eigenvalue weighted by Gasteiger charge is -2.51. The molecular weight excluding hydrogens is 370 g/mol. The van der Waals surface area contributed by atoms with Gasteiger partial charge in [-0.25, -0.2) is 0 Å². The van der Waals surface area contributed by atoms with Gasteiger partial charge < -0.3 is 15.7 Å². The van der Waals surface area contributed by atoms with Crippen LogP contribution in [0.3, 0.4) is 0 Å². The third-order valence-corrected chi connectivity index (χ3v) is 7.49. The Balaban J connectivity index is 2.06. The third-order valence-electron chi connectivity index (χ3n) is 6.07. The topological polar surface area (TPSA) is 78.6 Å². The molecule has 1 amide bonds. The number of rotatable bonds is 6. The Morgan fingerprint density at radius 1 is 1.32 bits per heavy atom. The SMILES string of the molecule is CC(C)(C)N(CCCCN)C(=O)C1(c2ccccc2)N[C@@H](O)C[C@@H]2SCC[C@@H]21. The number of aliphatic hydroxyl groups excluding tert-OH is 1. The minimum absolute atomic E-state index is 0.0828. The Hall–Kier alpha value is -1.08. The summed E-state index contributed by atoms with van der Waals surface area (Å²) in [5, 5.41) is 14.4. The van der Waals surface area contributed by atoms with Crippen molar-refractivity contribution < 1.29 is 9.90 Å². The van der Waals surface area contributed by atoms with Gasteiger partial charge in [-0.1, -0.05) is 30.3 Å². The zero-order chi connectivity index (χ0) is 20.4. The highest BCUT2D eigenvalue weighted by Crippen LogP contribution is 2.50. The van der Waals surface area contributed by atoms with Crippen LogP contribution in [0, 0.1) is 5.92 Å². The van der Waals surface area contributed by atoms with E-state index in [0.717, 1.165) is 30.6 Å². The quantitative estimate of drug-likeness (QED) is 0.634. The van der Waals surface area contributed by atoms with Gasteiger partial charge in [0.05, 0.1) is 0 Å². The van der Waals surface area contributed by atoms with Crippen LogP contribution in [0.4, 0.5) is 0 Å². The fourth-order valence-corrected chi connectivity index (χ4v) is 6.32. The van der Waals surface area contributed by atoms with Crippen molar-refractivity contribution in [1.29, 1.82) is 0 Å². The summed E-state index contributed by atoms with van der Waals surface area (Å²) in [6.07, 6.45) is 2.78. The van der Waals surface area contributed by atoms with E-state index in [-0.39, 0.29) is 17.4 Å². The molecule has 2 saturated heterocycles. The molecule has 4 N–H and O–H groups in total. The molecule has 6 heteroatoms. The van der Waals surface area contributed by atoms with Crippen LogP contribution in [0.5, 0.6) is 0 Å². The normalized spacial score (nSPS) is 30.1. The predicted octanol–water partition coefficient (Wildman–Crippen LogP) is 2.68. The van der Waals surface area contributed by atoms with Gasteiger partial charge in [0.15, 0.2) is 0 Å². The van der Waals surface area contributed by atoms with Crippen molar-refractivity contribution in [3.8, 4) is 0 Å². The summed E-state index contributed by atoms with van der Waals surface area (Å²) in [6.45, 7) is 7.58. The van der Waals surface area contributed by atoms with E-state index < -0.39 is 11.8 Å². The highest BCUT2D eigenvalue weighted by molar-refractivity contribution is 8.00. The zero-order valence-electron chi connectivity index (χ0n) is 17.4. The van der Waals surface area contributed by atoms with Gasteiger partial charge >= 0.3 is 0 Å². The van der Waals surface area contributed by atoms with Crippen LogP contribution in [-0.4, -0.2) is 51.8 Å². The molecule has 0 saturated carbocycles. The molecule has 156 valence electrons. The molecule has 2 aliphatic rings. The van der Waals surface area contributed by atoms with Crippen molar-refractivity contribution in [2.75, 3.05) is 18.8 Å². The summed E-state index contributed by atoms with van der Waals surface area (Å²) in [5.41, 5.74) is 5.47. The molecule has 1 unspecified atom stereocenters. The summed E-state index contributed by atoms with van der Waals surface area (Å²) >= 11 is 1.90. The summed E-state index contributed by atoms with van der Waals surface area (Å²) in [5.74, 6) is 1.29. The number of benzene rings is 1. The van der Waals surface area contributed by atoms with E-state index in [1.165, 1.54) is 0 Å². The number of carbonyl (C=O) groups is 1. The second-order valence-corrected chi connectivity index (χ2v) is 10.3. The number of hydrogen-bond donors (Lipinski definition) is 3. The number of aliphatic hydroxyl groups is 1. The minimum Gasteiger partial charge on any atom is -0.379 e. The summed E-state index contributed by atoms with van der Waals surface area (Å²) in [6, 6.07) is 10.0.